The maximum Gasteiger partial charge on any atom is 0.0701 e. The third-order valence-electron chi connectivity index (χ3n) is 1.37. The number of hydrogen-bond acceptors (Lipinski definition) is 6. The van der Waals surface area contributed by atoms with Crippen LogP contribution in [0.2, 0.25) is 0 Å². The maximum absolute atomic E-state index is 7.62. The van der Waals surface area contributed by atoms with E-state index >= 15 is 0 Å². The van der Waals surface area contributed by atoms with Crippen molar-refractivity contribution < 1.29 is 29.2 Å². The van der Waals surface area contributed by atoms with Gasteiger partial charge in [-0.05, 0) is 13.8 Å². The molecule has 0 aliphatic rings. The average molecular weight is 270 g/mol. The van der Waals surface area contributed by atoms with Crippen LogP contribution in [0.4, 0.5) is 0 Å². The molecule has 2 N–H and O–H groups in total. The van der Waals surface area contributed by atoms with Crippen LogP contribution in [0.3, 0.4) is 0 Å². The van der Waals surface area contributed by atoms with Crippen LogP contribution in [0.25, 0.3) is 0 Å². The molecule has 0 aromatic carbocycles. The molecule has 0 unspecified atom stereocenters. The van der Waals surface area contributed by atoms with E-state index in [1.54, 1.807) is 14.2 Å². The van der Waals surface area contributed by atoms with Gasteiger partial charge >= 0.3 is 0 Å². The van der Waals surface area contributed by atoms with Crippen molar-refractivity contribution in [3.8, 4) is 0 Å². The first-order valence-corrected chi connectivity index (χ1v) is 6.10. The Morgan fingerprint density at radius 1 is 0.667 bits per heavy atom. The molecule has 0 aromatic rings. The Bertz CT molecular complexity index is 92.6. The predicted molar refractivity (Wildman–Crippen MR) is 70.9 cm³/mol. The van der Waals surface area contributed by atoms with E-state index < -0.39 is 0 Å². The molecule has 6 nitrogen and oxygen atoms in total. The molecule has 18 heavy (non-hydrogen) atoms. The van der Waals surface area contributed by atoms with Crippen LogP contribution in [-0.4, -0.2) is 77.3 Å². The molecule has 0 amide bonds. The highest BCUT2D eigenvalue weighted by atomic mass is 16.5. The Morgan fingerprint density at radius 2 is 1.06 bits per heavy atom. The van der Waals surface area contributed by atoms with Crippen molar-refractivity contribution in [2.24, 2.45) is 0 Å². The first-order valence-electron chi connectivity index (χ1n) is 6.10. The topological polar surface area (TPSA) is 77.4 Å². The largest absolute Gasteiger partial charge is 0.394 e. The number of hydrogen-bond donors (Lipinski definition) is 2. The number of ether oxygens (including phenoxy) is 4. The molecule has 0 rings (SSSR count). The minimum Gasteiger partial charge on any atom is -0.394 e. The fraction of sp³-hybridized carbons (Fsp3) is 1.00. The number of aliphatic hydroxyl groups excluding tert-OH is 2. The Kier molecular flexibility index (Phi) is 38.3. The van der Waals surface area contributed by atoms with Gasteiger partial charge in [0, 0.05) is 27.4 Å². The van der Waals surface area contributed by atoms with Crippen molar-refractivity contribution in [1.29, 1.82) is 0 Å². The Morgan fingerprint density at radius 3 is 1.22 bits per heavy atom. The van der Waals surface area contributed by atoms with Gasteiger partial charge in [0.05, 0.1) is 39.6 Å². The minimum absolute atomic E-state index is 0.125. The third kappa shape index (κ3) is 44.7. The lowest BCUT2D eigenvalue weighted by Crippen LogP contribution is -2.06. The fourth-order valence-electron chi connectivity index (χ4n) is 0.591. The van der Waals surface area contributed by atoms with Gasteiger partial charge in [-0.1, -0.05) is 0 Å². The summed E-state index contributed by atoms with van der Waals surface area (Å²) in [5, 5.41) is 15.2. The fourth-order valence-corrected chi connectivity index (χ4v) is 0.591. The van der Waals surface area contributed by atoms with Crippen LogP contribution in [0.1, 0.15) is 13.8 Å². The monoisotopic (exact) mass is 270 g/mol. The van der Waals surface area contributed by atoms with E-state index in [4.69, 9.17) is 29.2 Å². The third-order valence-corrected chi connectivity index (χ3v) is 1.37. The second-order valence-electron chi connectivity index (χ2n) is 2.83. The standard InChI is InChI=1S/C6H14O3.C4H10O.C2H6O2/c1-7-3-5-9-6-4-8-2;1-3-5-4-2;3-1-2-4/h3-6H2,1-2H3;3-4H2,1-2H3;3-4H,1-2H2. The van der Waals surface area contributed by atoms with Crippen LogP contribution in [-0.2, 0) is 18.9 Å². The van der Waals surface area contributed by atoms with Crippen molar-refractivity contribution in [1.82, 2.24) is 0 Å². The summed E-state index contributed by atoms with van der Waals surface area (Å²) in [6.07, 6.45) is 0. The van der Waals surface area contributed by atoms with Gasteiger partial charge in [0.15, 0.2) is 0 Å². The molecule has 0 fully saturated rings. The smallest absolute Gasteiger partial charge is 0.0701 e. The SMILES string of the molecule is CCOCC.COCCOCCOC.OCCO. The Hall–Kier alpha value is -0.240. The highest BCUT2D eigenvalue weighted by Gasteiger charge is 1.84. The summed E-state index contributed by atoms with van der Waals surface area (Å²) in [5.41, 5.74) is 0. The molecule has 0 heterocycles. The number of rotatable bonds is 9. The predicted octanol–water partition coefficient (Wildman–Crippen LogP) is 0.310. The summed E-state index contributed by atoms with van der Waals surface area (Å²) in [4.78, 5) is 0. The maximum atomic E-state index is 7.62. The zero-order valence-electron chi connectivity index (χ0n) is 12.2. The van der Waals surface area contributed by atoms with Gasteiger partial charge in [-0.2, -0.15) is 0 Å². The van der Waals surface area contributed by atoms with Crippen LogP contribution in [0.5, 0.6) is 0 Å². The van der Waals surface area contributed by atoms with Gasteiger partial charge in [-0.25, -0.2) is 0 Å². The zero-order valence-corrected chi connectivity index (χ0v) is 12.2. The van der Waals surface area contributed by atoms with Crippen molar-refractivity contribution in [2.45, 2.75) is 13.8 Å². The van der Waals surface area contributed by atoms with E-state index in [9.17, 15) is 0 Å². The highest BCUT2D eigenvalue weighted by molar-refractivity contribution is 4.28. The summed E-state index contributed by atoms with van der Waals surface area (Å²) in [5.74, 6) is 0. The first-order chi connectivity index (χ1) is 8.74. The van der Waals surface area contributed by atoms with E-state index in [1.165, 1.54) is 0 Å². The lowest BCUT2D eigenvalue weighted by atomic mass is 10.7. The Labute approximate surface area is 111 Å². The summed E-state index contributed by atoms with van der Waals surface area (Å²) in [6, 6.07) is 0. The van der Waals surface area contributed by atoms with E-state index in [2.05, 4.69) is 0 Å². The quantitative estimate of drug-likeness (QED) is 0.587. The molecule has 0 saturated heterocycles. The van der Waals surface area contributed by atoms with Gasteiger partial charge in [-0.3, -0.25) is 0 Å². The lowest BCUT2D eigenvalue weighted by molar-refractivity contribution is 0.0385. The first kappa shape index (κ1) is 22.9. The summed E-state index contributed by atoms with van der Waals surface area (Å²) in [6.45, 7) is 8.03. The normalized spacial score (nSPS) is 9.00. The summed E-state index contributed by atoms with van der Waals surface area (Å²) < 4.78 is 19.4. The second kappa shape index (κ2) is 30.1. The molecule has 6 heteroatoms. The van der Waals surface area contributed by atoms with Gasteiger partial charge in [0.1, 0.15) is 0 Å². The van der Waals surface area contributed by atoms with Crippen LogP contribution >= 0.6 is 0 Å². The molecular weight excluding hydrogens is 240 g/mol. The molecule has 0 saturated carbocycles. The minimum atomic E-state index is -0.125. The zero-order chi connectivity index (χ0) is 14.5. The van der Waals surface area contributed by atoms with Crippen molar-refractivity contribution in [2.75, 3.05) is 67.1 Å². The van der Waals surface area contributed by atoms with Gasteiger partial charge in [-0.15, -0.1) is 0 Å². The van der Waals surface area contributed by atoms with Crippen molar-refractivity contribution in [3.63, 3.8) is 0 Å². The molecule has 0 radical (unpaired) electrons. The van der Waals surface area contributed by atoms with E-state index in [0.29, 0.717) is 26.4 Å². The van der Waals surface area contributed by atoms with Gasteiger partial charge < -0.3 is 29.2 Å². The highest BCUT2D eigenvalue weighted by Crippen LogP contribution is 1.75. The number of aliphatic hydroxyl groups is 2. The Balaban J connectivity index is -0.000000212. The molecule has 0 bridgehead atoms. The molecule has 114 valence electrons. The molecular formula is C12H30O6. The van der Waals surface area contributed by atoms with Crippen molar-refractivity contribution >= 4 is 0 Å². The van der Waals surface area contributed by atoms with Crippen LogP contribution in [0.15, 0.2) is 0 Å². The molecule has 0 atom stereocenters. The van der Waals surface area contributed by atoms with E-state index in [0.717, 1.165) is 13.2 Å². The second-order valence-corrected chi connectivity index (χ2v) is 2.83. The molecule has 0 spiro atoms. The number of methoxy groups -OCH3 is 2. The summed E-state index contributed by atoms with van der Waals surface area (Å²) >= 11 is 0. The molecule has 0 aliphatic carbocycles. The van der Waals surface area contributed by atoms with E-state index in [1.807, 2.05) is 13.8 Å². The summed E-state index contributed by atoms with van der Waals surface area (Å²) in [7, 11) is 3.30. The molecule has 0 aliphatic heterocycles. The van der Waals surface area contributed by atoms with Crippen LogP contribution < -0.4 is 0 Å². The lowest BCUT2D eigenvalue weighted by Gasteiger charge is -2.00. The van der Waals surface area contributed by atoms with Crippen LogP contribution in [0, 0.1) is 0 Å². The van der Waals surface area contributed by atoms with E-state index in [-0.39, 0.29) is 13.2 Å². The molecule has 0 aromatic heterocycles. The average Bonchev–Trinajstić information content (AvgIpc) is 2.41. The van der Waals surface area contributed by atoms with Crippen molar-refractivity contribution in [3.05, 3.63) is 0 Å². The van der Waals surface area contributed by atoms with Gasteiger partial charge in [0.2, 0.25) is 0 Å². The van der Waals surface area contributed by atoms with Gasteiger partial charge in [0.25, 0.3) is 0 Å².